The average molecular weight is 595 g/mol. The molecular formula is C28H30Cl2FN3O4S. The first-order chi connectivity index (χ1) is 18.4. The van der Waals surface area contributed by atoms with Crippen LogP contribution in [0, 0.1) is 12.7 Å². The Morgan fingerprint density at radius 1 is 0.974 bits per heavy atom. The molecule has 11 heteroatoms. The highest BCUT2D eigenvalue weighted by molar-refractivity contribution is 7.92. The Hall–Kier alpha value is -3.14. The lowest BCUT2D eigenvalue weighted by Crippen LogP contribution is -2.51. The number of hydrogen-bond acceptors (Lipinski definition) is 4. The second kappa shape index (κ2) is 13.3. The zero-order chi connectivity index (χ0) is 28.7. The summed E-state index contributed by atoms with van der Waals surface area (Å²) in [5, 5.41) is 3.35. The SMILES string of the molecule is CCCNC(=O)[C@H](C)N(Cc1c(Cl)cccc1Cl)C(=O)CN(c1ccc(F)cc1)S(=O)(=O)c1ccc(C)cc1. The highest BCUT2D eigenvalue weighted by Crippen LogP contribution is 2.28. The summed E-state index contributed by atoms with van der Waals surface area (Å²) in [6.07, 6.45) is 0.690. The van der Waals surface area contributed by atoms with Crippen molar-refractivity contribution in [1.82, 2.24) is 10.2 Å². The minimum Gasteiger partial charge on any atom is -0.354 e. The van der Waals surface area contributed by atoms with Crippen LogP contribution in [0.3, 0.4) is 0 Å². The number of aryl methyl sites for hydroxylation is 1. The van der Waals surface area contributed by atoms with E-state index < -0.39 is 40.2 Å². The fraction of sp³-hybridized carbons (Fsp3) is 0.286. The molecule has 0 aromatic heterocycles. The van der Waals surface area contributed by atoms with Gasteiger partial charge < -0.3 is 10.2 Å². The number of benzene rings is 3. The van der Waals surface area contributed by atoms with E-state index in [1.54, 1.807) is 37.3 Å². The third-order valence-corrected chi connectivity index (χ3v) is 8.61. The first-order valence-electron chi connectivity index (χ1n) is 12.3. The summed E-state index contributed by atoms with van der Waals surface area (Å²) < 4.78 is 42.1. The molecular weight excluding hydrogens is 564 g/mol. The van der Waals surface area contributed by atoms with Gasteiger partial charge in [-0.2, -0.15) is 0 Å². The average Bonchev–Trinajstić information content (AvgIpc) is 2.90. The summed E-state index contributed by atoms with van der Waals surface area (Å²) in [6, 6.07) is 14.8. The molecule has 3 rings (SSSR count). The molecule has 0 heterocycles. The molecule has 0 aliphatic rings. The summed E-state index contributed by atoms with van der Waals surface area (Å²) in [7, 11) is -4.25. The number of hydrogen-bond donors (Lipinski definition) is 1. The maximum Gasteiger partial charge on any atom is 0.264 e. The maximum absolute atomic E-state index is 13.9. The molecule has 0 aliphatic heterocycles. The zero-order valence-electron chi connectivity index (χ0n) is 21.8. The van der Waals surface area contributed by atoms with E-state index in [9.17, 15) is 22.4 Å². The Labute approximate surface area is 238 Å². The van der Waals surface area contributed by atoms with Crippen molar-refractivity contribution in [2.24, 2.45) is 0 Å². The van der Waals surface area contributed by atoms with Gasteiger partial charge in [0.15, 0.2) is 0 Å². The van der Waals surface area contributed by atoms with Crippen molar-refractivity contribution >= 4 is 50.7 Å². The van der Waals surface area contributed by atoms with Gasteiger partial charge in [0.05, 0.1) is 10.6 Å². The molecule has 39 heavy (non-hydrogen) atoms. The minimum absolute atomic E-state index is 0.0420. The zero-order valence-corrected chi connectivity index (χ0v) is 24.2. The van der Waals surface area contributed by atoms with E-state index in [4.69, 9.17) is 23.2 Å². The van der Waals surface area contributed by atoms with E-state index in [2.05, 4.69) is 5.32 Å². The third kappa shape index (κ3) is 7.50. The second-order valence-electron chi connectivity index (χ2n) is 8.99. The predicted molar refractivity (Wildman–Crippen MR) is 152 cm³/mol. The number of nitrogens with one attached hydrogen (secondary N) is 1. The number of carbonyl (C=O) groups is 2. The van der Waals surface area contributed by atoms with Gasteiger partial charge in [0.2, 0.25) is 11.8 Å². The molecule has 0 bridgehead atoms. The van der Waals surface area contributed by atoms with E-state index in [-0.39, 0.29) is 17.1 Å². The van der Waals surface area contributed by atoms with Gasteiger partial charge in [0, 0.05) is 28.7 Å². The van der Waals surface area contributed by atoms with E-state index in [0.717, 1.165) is 22.0 Å². The molecule has 7 nitrogen and oxygen atoms in total. The van der Waals surface area contributed by atoms with E-state index >= 15 is 0 Å². The van der Waals surface area contributed by atoms with Gasteiger partial charge in [0.25, 0.3) is 10.0 Å². The molecule has 0 saturated heterocycles. The highest BCUT2D eigenvalue weighted by atomic mass is 35.5. The Bertz CT molecular complexity index is 1400. The Morgan fingerprint density at radius 3 is 2.13 bits per heavy atom. The van der Waals surface area contributed by atoms with Crippen LogP contribution in [-0.4, -0.2) is 44.3 Å². The molecule has 3 aromatic rings. The summed E-state index contributed by atoms with van der Waals surface area (Å²) in [6.45, 7) is 4.87. The lowest BCUT2D eigenvalue weighted by Gasteiger charge is -2.32. The van der Waals surface area contributed by atoms with Crippen molar-refractivity contribution in [3.05, 3.63) is 93.7 Å². The van der Waals surface area contributed by atoms with Crippen molar-refractivity contribution in [3.63, 3.8) is 0 Å². The fourth-order valence-corrected chi connectivity index (χ4v) is 5.74. The molecule has 208 valence electrons. The van der Waals surface area contributed by atoms with Gasteiger partial charge in [-0.05, 0) is 68.8 Å². The van der Waals surface area contributed by atoms with E-state index in [0.29, 0.717) is 28.6 Å². The Kier molecular flexibility index (Phi) is 10.4. The maximum atomic E-state index is 13.9. The van der Waals surface area contributed by atoms with Crippen molar-refractivity contribution in [2.75, 3.05) is 17.4 Å². The normalized spacial score (nSPS) is 12.1. The number of carbonyl (C=O) groups excluding carboxylic acids is 2. The van der Waals surface area contributed by atoms with Crippen molar-refractivity contribution in [2.45, 2.75) is 44.7 Å². The number of sulfonamides is 1. The molecule has 0 radical (unpaired) electrons. The van der Waals surface area contributed by atoms with Crippen LogP contribution >= 0.6 is 23.2 Å². The van der Waals surface area contributed by atoms with Gasteiger partial charge in [-0.1, -0.05) is 53.9 Å². The van der Waals surface area contributed by atoms with Gasteiger partial charge in [0.1, 0.15) is 18.4 Å². The largest absolute Gasteiger partial charge is 0.354 e. The molecule has 0 unspecified atom stereocenters. The Morgan fingerprint density at radius 2 is 1.56 bits per heavy atom. The number of anilines is 1. The number of nitrogens with zero attached hydrogens (tertiary/aromatic N) is 2. The quantitative estimate of drug-likeness (QED) is 0.314. The van der Waals surface area contributed by atoms with Crippen LogP contribution in [0.5, 0.6) is 0 Å². The van der Waals surface area contributed by atoms with Crippen LogP contribution in [-0.2, 0) is 26.2 Å². The molecule has 1 N–H and O–H groups in total. The summed E-state index contributed by atoms with van der Waals surface area (Å²) in [5.74, 6) is -1.65. The fourth-order valence-electron chi connectivity index (χ4n) is 3.81. The molecule has 2 amide bonds. The van der Waals surface area contributed by atoms with Crippen molar-refractivity contribution in [1.29, 1.82) is 0 Å². The first-order valence-corrected chi connectivity index (χ1v) is 14.5. The van der Waals surface area contributed by atoms with Crippen molar-refractivity contribution < 1.29 is 22.4 Å². The monoisotopic (exact) mass is 593 g/mol. The minimum atomic E-state index is -4.25. The predicted octanol–water partition coefficient (Wildman–Crippen LogP) is 5.58. The molecule has 0 fully saturated rings. The van der Waals surface area contributed by atoms with E-state index in [1.165, 1.54) is 29.2 Å². The number of rotatable bonds is 11. The molecule has 0 spiro atoms. The highest BCUT2D eigenvalue weighted by Gasteiger charge is 2.33. The smallest absolute Gasteiger partial charge is 0.264 e. The van der Waals surface area contributed by atoms with Gasteiger partial charge >= 0.3 is 0 Å². The van der Waals surface area contributed by atoms with Crippen LogP contribution in [0.1, 0.15) is 31.4 Å². The Balaban J connectivity index is 2.05. The lowest BCUT2D eigenvalue weighted by atomic mass is 10.1. The standard InChI is InChI=1S/C28H30Cl2FN3O4S/c1-4-16-32-28(36)20(3)33(17-24-25(29)6-5-7-26(24)30)27(35)18-34(22-12-10-21(31)11-13-22)39(37,38)23-14-8-19(2)9-15-23/h5-15,20H,4,16-18H2,1-3H3,(H,32,36)/t20-/m0/s1. The van der Waals surface area contributed by atoms with Crippen LogP contribution in [0.25, 0.3) is 0 Å². The van der Waals surface area contributed by atoms with E-state index in [1.807, 2.05) is 13.8 Å². The second-order valence-corrected chi connectivity index (χ2v) is 11.7. The first kappa shape index (κ1) is 30.4. The van der Waals surface area contributed by atoms with Crippen LogP contribution in [0.15, 0.2) is 71.6 Å². The topological polar surface area (TPSA) is 86.8 Å². The summed E-state index contributed by atoms with van der Waals surface area (Å²) in [5.41, 5.74) is 1.36. The summed E-state index contributed by atoms with van der Waals surface area (Å²) >= 11 is 12.7. The number of amides is 2. The molecule has 1 atom stereocenters. The van der Waals surface area contributed by atoms with Gasteiger partial charge in [-0.3, -0.25) is 13.9 Å². The lowest BCUT2D eigenvalue weighted by molar-refractivity contribution is -0.139. The molecule has 3 aromatic carbocycles. The molecule has 0 aliphatic carbocycles. The van der Waals surface area contributed by atoms with Gasteiger partial charge in [-0.25, -0.2) is 12.8 Å². The summed E-state index contributed by atoms with van der Waals surface area (Å²) in [4.78, 5) is 28.0. The van der Waals surface area contributed by atoms with Crippen LogP contribution in [0.2, 0.25) is 10.0 Å². The van der Waals surface area contributed by atoms with Crippen LogP contribution in [0.4, 0.5) is 10.1 Å². The third-order valence-electron chi connectivity index (χ3n) is 6.11. The van der Waals surface area contributed by atoms with Crippen LogP contribution < -0.4 is 9.62 Å². The molecule has 0 saturated carbocycles. The number of halogens is 3. The van der Waals surface area contributed by atoms with Gasteiger partial charge in [-0.15, -0.1) is 0 Å². The van der Waals surface area contributed by atoms with Crippen molar-refractivity contribution in [3.8, 4) is 0 Å².